The lowest BCUT2D eigenvalue weighted by molar-refractivity contribution is -0.379. The maximum absolute atomic E-state index is 13.2. The van der Waals surface area contributed by atoms with Crippen LogP contribution in [0.3, 0.4) is 0 Å². The summed E-state index contributed by atoms with van der Waals surface area (Å²) in [5, 5.41) is 119. The number of amides is 1. The Labute approximate surface area is 523 Å². The zero-order chi connectivity index (χ0) is 64.0. The number of nitrogens with one attached hydrogen (secondary N) is 1. The number of carbonyl (C=O) groups is 1. The summed E-state index contributed by atoms with van der Waals surface area (Å²) in [7, 11) is 0. The van der Waals surface area contributed by atoms with Gasteiger partial charge in [-0.05, 0) is 96.3 Å². The van der Waals surface area contributed by atoms with Crippen molar-refractivity contribution in [3.63, 3.8) is 0 Å². The first-order valence-corrected chi connectivity index (χ1v) is 32.1. The largest absolute Gasteiger partial charge is 0.394 e. The van der Waals surface area contributed by atoms with Crippen molar-refractivity contribution in [3.8, 4) is 0 Å². The Bertz CT molecular complexity index is 2170. The van der Waals surface area contributed by atoms with Gasteiger partial charge < -0.3 is 89.9 Å². The highest BCUT2D eigenvalue weighted by atomic mass is 16.8. The van der Waals surface area contributed by atoms with Crippen LogP contribution in [0, 0.1) is 0 Å². The van der Waals surface area contributed by atoms with E-state index in [-0.39, 0.29) is 18.9 Å². The zero-order valence-corrected chi connectivity index (χ0v) is 52.1. The fourth-order valence-electron chi connectivity index (χ4n) is 9.65. The van der Waals surface area contributed by atoms with Gasteiger partial charge in [-0.1, -0.05) is 192 Å². The SMILES string of the molecule is CC/C=C\C/C=C\C/C=C\C/C=C\C/C=C\C/C=C\C/C=C\C/C=C\C/C=C\C/C=C\C/C=C\CCCCCCCC(=O)NC(COC1OC(CO)C(OC2OC(CO)C(OC3OC(CO)C(O)C(O)C3O)C(O)C2O)C(O)C1O)C(O)/C=C/CCCC. The second-order valence-electron chi connectivity index (χ2n) is 22.1. The first-order chi connectivity index (χ1) is 42.8. The molecule has 0 aromatic heterocycles. The van der Waals surface area contributed by atoms with Crippen LogP contribution < -0.4 is 5.32 Å². The number of unbranched alkanes of at least 4 members (excludes halogenated alkanes) is 7. The van der Waals surface area contributed by atoms with E-state index in [1.165, 1.54) is 0 Å². The van der Waals surface area contributed by atoms with Gasteiger partial charge in [0.1, 0.15) is 73.2 Å². The van der Waals surface area contributed by atoms with E-state index in [0.29, 0.717) is 12.8 Å². The molecule has 3 aliphatic heterocycles. The van der Waals surface area contributed by atoms with E-state index in [4.69, 9.17) is 28.4 Å². The van der Waals surface area contributed by atoms with Crippen LogP contribution in [0.1, 0.15) is 149 Å². The monoisotopic (exact) mass is 1240 g/mol. The second kappa shape index (κ2) is 49.4. The van der Waals surface area contributed by atoms with E-state index >= 15 is 0 Å². The Balaban J connectivity index is 1.28. The van der Waals surface area contributed by atoms with Gasteiger partial charge in [0.25, 0.3) is 0 Å². The Hall–Kier alpha value is -4.33. The molecule has 0 aliphatic carbocycles. The molecule has 0 bridgehead atoms. The number of aliphatic hydroxyl groups is 11. The Morgan fingerprint density at radius 3 is 1.22 bits per heavy atom. The van der Waals surface area contributed by atoms with Gasteiger partial charge in [0.2, 0.25) is 5.91 Å². The maximum atomic E-state index is 13.2. The summed E-state index contributed by atoms with van der Waals surface area (Å²) in [6, 6.07) is -0.990. The molecule has 0 saturated carbocycles. The highest BCUT2D eigenvalue weighted by Crippen LogP contribution is 2.33. The third-order valence-electron chi connectivity index (χ3n) is 14.9. The predicted octanol–water partition coefficient (Wildman–Crippen LogP) is 7.20. The maximum Gasteiger partial charge on any atom is 0.220 e. The van der Waals surface area contributed by atoms with E-state index in [9.17, 15) is 61.0 Å². The molecule has 498 valence electrons. The Kier molecular flexibility index (Phi) is 43.7. The lowest BCUT2D eigenvalue weighted by atomic mass is 9.96. The summed E-state index contributed by atoms with van der Waals surface area (Å²) in [5.41, 5.74) is 0. The van der Waals surface area contributed by atoms with Gasteiger partial charge in [0.05, 0.1) is 38.6 Å². The molecule has 0 aromatic rings. The van der Waals surface area contributed by atoms with Crippen LogP contribution in [-0.2, 0) is 33.2 Å². The van der Waals surface area contributed by atoms with Crippen LogP contribution in [0.25, 0.3) is 0 Å². The van der Waals surface area contributed by atoms with Gasteiger partial charge in [-0.25, -0.2) is 0 Å². The summed E-state index contributed by atoms with van der Waals surface area (Å²) < 4.78 is 34.0. The lowest BCUT2D eigenvalue weighted by Gasteiger charge is -2.48. The summed E-state index contributed by atoms with van der Waals surface area (Å²) >= 11 is 0. The first-order valence-electron chi connectivity index (χ1n) is 32.1. The summed E-state index contributed by atoms with van der Waals surface area (Å²) in [5.74, 6) is -0.313. The van der Waals surface area contributed by atoms with Crippen LogP contribution in [-0.4, -0.2) is 193 Å². The van der Waals surface area contributed by atoms with Crippen LogP contribution in [0.5, 0.6) is 0 Å². The van der Waals surface area contributed by atoms with Gasteiger partial charge in [0, 0.05) is 6.42 Å². The molecule has 3 aliphatic rings. The Morgan fingerprint density at radius 1 is 0.420 bits per heavy atom. The third kappa shape index (κ3) is 31.6. The minimum absolute atomic E-state index is 0.208. The molecular weight excluding hydrogens is 1130 g/mol. The highest BCUT2D eigenvalue weighted by molar-refractivity contribution is 5.76. The van der Waals surface area contributed by atoms with Crippen LogP contribution in [0.2, 0.25) is 0 Å². The van der Waals surface area contributed by atoms with E-state index in [0.717, 1.165) is 116 Å². The molecule has 1 amide bonds. The molecule has 17 unspecified atom stereocenters. The van der Waals surface area contributed by atoms with Gasteiger partial charge in [-0.15, -0.1) is 0 Å². The molecule has 88 heavy (non-hydrogen) atoms. The van der Waals surface area contributed by atoms with Crippen molar-refractivity contribution in [1.82, 2.24) is 5.32 Å². The average Bonchev–Trinajstić information content (AvgIpc) is 1.13. The first kappa shape index (κ1) is 77.9. The molecular formula is C69H109NO18. The molecule has 0 aromatic carbocycles. The number of allylic oxidation sites excluding steroid dienone is 23. The highest BCUT2D eigenvalue weighted by Gasteiger charge is 2.53. The van der Waals surface area contributed by atoms with Crippen molar-refractivity contribution in [1.29, 1.82) is 0 Å². The topological polar surface area (TPSA) is 307 Å². The fourth-order valence-corrected chi connectivity index (χ4v) is 9.65. The Morgan fingerprint density at radius 2 is 0.784 bits per heavy atom. The predicted molar refractivity (Wildman–Crippen MR) is 341 cm³/mol. The number of aliphatic hydroxyl groups excluding tert-OH is 11. The van der Waals surface area contributed by atoms with Crippen molar-refractivity contribution in [2.24, 2.45) is 0 Å². The summed E-state index contributed by atoms with van der Waals surface area (Å²) in [4.78, 5) is 13.2. The number of hydrogen-bond donors (Lipinski definition) is 12. The van der Waals surface area contributed by atoms with Gasteiger partial charge in [-0.3, -0.25) is 4.79 Å². The fraction of sp³-hybridized carbons (Fsp3) is 0.638. The number of carbonyl (C=O) groups excluding carboxylic acids is 1. The van der Waals surface area contributed by atoms with E-state index in [1.54, 1.807) is 12.2 Å². The minimum Gasteiger partial charge on any atom is -0.394 e. The number of rotatable bonds is 45. The molecule has 19 nitrogen and oxygen atoms in total. The quantitative estimate of drug-likeness (QED) is 0.0212. The minimum atomic E-state index is -1.98. The van der Waals surface area contributed by atoms with Gasteiger partial charge in [0.15, 0.2) is 18.9 Å². The lowest BCUT2D eigenvalue weighted by Crippen LogP contribution is -2.66. The van der Waals surface area contributed by atoms with Crippen LogP contribution >= 0.6 is 0 Å². The van der Waals surface area contributed by atoms with E-state index in [1.807, 2.05) is 6.92 Å². The molecule has 17 atom stereocenters. The summed E-state index contributed by atoms with van der Waals surface area (Å²) in [6.45, 7) is 1.37. The summed E-state index contributed by atoms with van der Waals surface area (Å²) in [6.07, 6.45) is 43.8. The van der Waals surface area contributed by atoms with Crippen molar-refractivity contribution in [2.75, 3.05) is 26.4 Å². The smallest absolute Gasteiger partial charge is 0.220 e. The van der Waals surface area contributed by atoms with Crippen molar-refractivity contribution >= 4 is 5.91 Å². The van der Waals surface area contributed by atoms with Crippen LogP contribution in [0.15, 0.2) is 146 Å². The molecule has 3 saturated heterocycles. The van der Waals surface area contributed by atoms with Crippen molar-refractivity contribution in [3.05, 3.63) is 146 Å². The number of hydrogen-bond acceptors (Lipinski definition) is 18. The second-order valence-corrected chi connectivity index (χ2v) is 22.1. The van der Waals surface area contributed by atoms with E-state index in [2.05, 4.69) is 146 Å². The molecule has 19 heteroatoms. The van der Waals surface area contributed by atoms with Gasteiger partial charge in [-0.2, -0.15) is 0 Å². The van der Waals surface area contributed by atoms with Gasteiger partial charge >= 0.3 is 0 Å². The molecule has 3 fully saturated rings. The molecule has 3 heterocycles. The number of ether oxygens (including phenoxy) is 6. The molecule has 12 N–H and O–H groups in total. The zero-order valence-electron chi connectivity index (χ0n) is 52.1. The average molecular weight is 1240 g/mol. The molecule has 0 spiro atoms. The standard InChI is InChI=1S/C69H109NO18/c1-3-5-7-9-10-11-12-13-14-15-16-17-18-19-20-21-22-23-24-25-26-27-28-29-30-31-32-33-34-35-36-37-38-39-40-41-42-43-45-47-57(75)70-52(53(74)46-44-8-6-4-2)51-83-67-63(81)60(78)65(55(49-72)85-67)88-69-64(82)61(79)66(56(50-73)86-69)87-68-62(80)59(77)58(76)54(48-71)84-68/h5,7,10-11,13-14,16-17,19-20,22-23,25-26,28-29,31-32,34-35,37-38,44,46,52-56,58-69,71-74,76-82H,3-4,6,8-9,12,15,18,21,24,27,30,33,36,39-43,45,47-51H2,1-2H3,(H,70,75)/b7-5-,11-10-,14-13-,17-16-,20-19-,23-22-,26-25-,29-28-,32-31-,35-34-,38-37-,46-44+. The van der Waals surface area contributed by atoms with Crippen molar-refractivity contribution < 1.29 is 89.4 Å². The normalized spacial score (nSPS) is 29.4. The van der Waals surface area contributed by atoms with E-state index < -0.39 is 124 Å². The van der Waals surface area contributed by atoms with Crippen molar-refractivity contribution in [2.45, 2.75) is 253 Å². The molecule has 3 rings (SSSR count). The third-order valence-corrected chi connectivity index (χ3v) is 14.9. The molecule has 0 radical (unpaired) electrons. The van der Waals surface area contributed by atoms with Crippen LogP contribution in [0.4, 0.5) is 0 Å².